The molecule has 0 amide bonds. The lowest BCUT2D eigenvalue weighted by Crippen LogP contribution is -2.01. The molecule has 5 heteroatoms. The van der Waals surface area contributed by atoms with Gasteiger partial charge in [0.05, 0.1) is 11.4 Å². The Bertz CT molecular complexity index is 2290. The molecule has 8 rings (SSSR count). The minimum absolute atomic E-state index is 0.588. The molecule has 222 valence electrons. The topological polar surface area (TPSA) is 64.5 Å². The van der Waals surface area contributed by atoms with E-state index in [1.165, 1.54) is 0 Å². The number of pyridine rings is 2. The lowest BCUT2D eigenvalue weighted by molar-refractivity contribution is 1.07. The van der Waals surface area contributed by atoms with Gasteiger partial charge in [0.2, 0.25) is 0 Å². The van der Waals surface area contributed by atoms with Crippen molar-refractivity contribution in [1.29, 1.82) is 0 Å². The first kappa shape index (κ1) is 28.2. The Morgan fingerprint density at radius 2 is 0.872 bits per heavy atom. The first-order valence-electron chi connectivity index (χ1n) is 15.6. The number of benzene rings is 5. The van der Waals surface area contributed by atoms with Crippen molar-refractivity contribution >= 4 is 10.8 Å². The summed E-state index contributed by atoms with van der Waals surface area (Å²) in [6, 6.07) is 49.5. The van der Waals surface area contributed by atoms with Gasteiger partial charge in [0, 0.05) is 51.2 Å². The highest BCUT2D eigenvalue weighted by atomic mass is 15.0. The minimum Gasteiger partial charge on any atom is -0.263 e. The SMILES string of the molecule is Cc1cc(-c2ccccc2)nc(-c2cc(-c3nc(-c4ccccc4)nc(-c4ccccc4)n3)cc(-c3cncc4ccccc34)c2)c1. The summed E-state index contributed by atoms with van der Waals surface area (Å²) in [5, 5.41) is 2.20. The third-order valence-electron chi connectivity index (χ3n) is 8.20. The number of rotatable bonds is 6. The van der Waals surface area contributed by atoms with Gasteiger partial charge in [-0.25, -0.2) is 19.9 Å². The van der Waals surface area contributed by atoms with Crippen LogP contribution < -0.4 is 0 Å². The number of aromatic nitrogens is 5. The summed E-state index contributed by atoms with van der Waals surface area (Å²) in [6.07, 6.45) is 3.84. The Morgan fingerprint density at radius 3 is 1.51 bits per heavy atom. The molecular weight excluding hydrogens is 574 g/mol. The van der Waals surface area contributed by atoms with E-state index >= 15 is 0 Å². The van der Waals surface area contributed by atoms with Crippen LogP contribution in [0.4, 0.5) is 0 Å². The van der Waals surface area contributed by atoms with E-state index in [9.17, 15) is 0 Å². The van der Waals surface area contributed by atoms with Gasteiger partial charge in [0.15, 0.2) is 17.5 Å². The molecule has 5 aromatic carbocycles. The molecule has 0 fully saturated rings. The average molecular weight is 604 g/mol. The number of nitrogens with zero attached hydrogens (tertiary/aromatic N) is 5. The van der Waals surface area contributed by atoms with Gasteiger partial charge >= 0.3 is 0 Å². The molecule has 0 atom stereocenters. The van der Waals surface area contributed by atoms with Crippen molar-refractivity contribution in [3.8, 4) is 67.8 Å². The third-order valence-corrected chi connectivity index (χ3v) is 8.20. The van der Waals surface area contributed by atoms with Crippen LogP contribution in [0.1, 0.15) is 5.56 Å². The molecular formula is C42H29N5. The highest BCUT2D eigenvalue weighted by Crippen LogP contribution is 2.36. The highest BCUT2D eigenvalue weighted by Gasteiger charge is 2.16. The second-order valence-corrected chi connectivity index (χ2v) is 11.5. The van der Waals surface area contributed by atoms with Crippen LogP contribution >= 0.6 is 0 Å². The van der Waals surface area contributed by atoms with Gasteiger partial charge in [-0.3, -0.25) is 4.98 Å². The van der Waals surface area contributed by atoms with Gasteiger partial charge in [-0.2, -0.15) is 0 Å². The van der Waals surface area contributed by atoms with E-state index in [0.29, 0.717) is 17.5 Å². The van der Waals surface area contributed by atoms with Crippen LogP contribution in [0.3, 0.4) is 0 Å². The molecule has 0 aliphatic carbocycles. The Balaban J connectivity index is 1.38. The molecule has 0 saturated heterocycles. The molecule has 0 unspecified atom stereocenters. The second kappa shape index (κ2) is 12.2. The van der Waals surface area contributed by atoms with Crippen molar-refractivity contribution in [1.82, 2.24) is 24.9 Å². The van der Waals surface area contributed by atoms with Gasteiger partial charge in [-0.1, -0.05) is 115 Å². The quantitative estimate of drug-likeness (QED) is 0.189. The zero-order chi connectivity index (χ0) is 31.6. The molecule has 5 nitrogen and oxygen atoms in total. The van der Waals surface area contributed by atoms with E-state index in [1.807, 2.05) is 97.3 Å². The Hall–Kier alpha value is -6.33. The molecule has 3 aromatic heterocycles. The summed E-state index contributed by atoms with van der Waals surface area (Å²) < 4.78 is 0. The Morgan fingerprint density at radius 1 is 0.383 bits per heavy atom. The van der Waals surface area contributed by atoms with Crippen LogP contribution in [0.25, 0.3) is 78.6 Å². The lowest BCUT2D eigenvalue weighted by Gasteiger charge is -2.14. The fourth-order valence-corrected chi connectivity index (χ4v) is 5.92. The number of fused-ring (bicyclic) bond motifs is 1. The fraction of sp³-hybridized carbons (Fsp3) is 0.0238. The van der Waals surface area contributed by atoms with Crippen LogP contribution in [0.15, 0.2) is 158 Å². The van der Waals surface area contributed by atoms with Gasteiger partial charge in [0.25, 0.3) is 0 Å². The van der Waals surface area contributed by atoms with Gasteiger partial charge in [0.1, 0.15) is 0 Å². The molecule has 0 N–H and O–H groups in total. The predicted molar refractivity (Wildman–Crippen MR) is 190 cm³/mol. The molecule has 0 radical (unpaired) electrons. The highest BCUT2D eigenvalue weighted by molar-refractivity contribution is 5.97. The molecule has 0 spiro atoms. The standard InChI is InChI=1S/C42H29N5/c1-28-21-38(29-13-5-2-6-14-29)44-39(22-28)34-23-33(37-27-43-26-32-19-11-12-20-36(32)37)24-35(25-34)42-46-40(30-15-7-3-8-16-30)45-41(47-42)31-17-9-4-10-18-31/h2-27H,1H3. The summed E-state index contributed by atoms with van der Waals surface area (Å²) in [4.78, 5) is 24.8. The van der Waals surface area contributed by atoms with Crippen molar-refractivity contribution in [2.24, 2.45) is 0 Å². The Labute approximate surface area is 273 Å². The predicted octanol–water partition coefficient (Wildman–Crippen LogP) is 10.1. The molecule has 0 saturated carbocycles. The zero-order valence-electron chi connectivity index (χ0n) is 25.7. The maximum Gasteiger partial charge on any atom is 0.164 e. The summed E-state index contributed by atoms with van der Waals surface area (Å²) >= 11 is 0. The number of hydrogen-bond donors (Lipinski definition) is 0. The van der Waals surface area contributed by atoms with Gasteiger partial charge in [-0.05, 0) is 53.8 Å². The summed E-state index contributed by atoms with van der Waals surface area (Å²) in [5.41, 5.74) is 9.73. The Kier molecular flexibility index (Phi) is 7.32. The zero-order valence-corrected chi connectivity index (χ0v) is 25.7. The third kappa shape index (κ3) is 5.78. The molecule has 0 aliphatic rings. The monoisotopic (exact) mass is 603 g/mol. The van der Waals surface area contributed by atoms with E-state index in [1.54, 1.807) is 0 Å². The smallest absolute Gasteiger partial charge is 0.164 e. The van der Waals surface area contributed by atoms with Crippen LogP contribution in [0.2, 0.25) is 0 Å². The first-order chi connectivity index (χ1) is 23.2. The maximum absolute atomic E-state index is 5.17. The van der Waals surface area contributed by atoms with Crippen LogP contribution in [0.5, 0.6) is 0 Å². The lowest BCUT2D eigenvalue weighted by atomic mass is 9.95. The van der Waals surface area contributed by atoms with Gasteiger partial charge < -0.3 is 0 Å². The summed E-state index contributed by atoms with van der Waals surface area (Å²) in [7, 11) is 0. The average Bonchev–Trinajstić information content (AvgIpc) is 3.15. The van der Waals surface area contributed by atoms with Gasteiger partial charge in [-0.15, -0.1) is 0 Å². The van der Waals surface area contributed by atoms with Crippen molar-refractivity contribution in [3.05, 3.63) is 164 Å². The summed E-state index contributed by atoms with van der Waals surface area (Å²) in [6.45, 7) is 2.11. The minimum atomic E-state index is 0.588. The van der Waals surface area contributed by atoms with Crippen LogP contribution in [-0.4, -0.2) is 24.9 Å². The van der Waals surface area contributed by atoms with E-state index in [4.69, 9.17) is 19.9 Å². The van der Waals surface area contributed by atoms with E-state index in [2.05, 4.69) is 72.6 Å². The number of aryl methyl sites for hydroxylation is 1. The normalized spacial score (nSPS) is 11.1. The molecule has 0 aliphatic heterocycles. The molecule has 3 heterocycles. The maximum atomic E-state index is 5.17. The van der Waals surface area contributed by atoms with E-state index < -0.39 is 0 Å². The molecule has 8 aromatic rings. The first-order valence-corrected chi connectivity index (χ1v) is 15.6. The number of hydrogen-bond acceptors (Lipinski definition) is 5. The van der Waals surface area contributed by atoms with Crippen molar-refractivity contribution in [2.75, 3.05) is 0 Å². The van der Waals surface area contributed by atoms with Crippen molar-refractivity contribution in [3.63, 3.8) is 0 Å². The largest absolute Gasteiger partial charge is 0.263 e. The fourth-order valence-electron chi connectivity index (χ4n) is 5.92. The van der Waals surface area contributed by atoms with Crippen LogP contribution in [-0.2, 0) is 0 Å². The van der Waals surface area contributed by atoms with E-state index in [-0.39, 0.29) is 0 Å². The van der Waals surface area contributed by atoms with Crippen molar-refractivity contribution < 1.29 is 0 Å². The molecule has 47 heavy (non-hydrogen) atoms. The van der Waals surface area contributed by atoms with E-state index in [0.717, 1.165) is 66.7 Å². The second-order valence-electron chi connectivity index (χ2n) is 11.5. The van der Waals surface area contributed by atoms with Crippen LogP contribution in [0, 0.1) is 6.92 Å². The summed E-state index contributed by atoms with van der Waals surface area (Å²) in [5.74, 6) is 1.83. The molecule has 0 bridgehead atoms. The van der Waals surface area contributed by atoms with Crippen molar-refractivity contribution in [2.45, 2.75) is 6.92 Å².